The molecule has 0 atom stereocenters. The first-order valence-electron chi connectivity index (χ1n) is 2.18. The van der Waals surface area contributed by atoms with Crippen molar-refractivity contribution in [2.24, 2.45) is 10.6 Å². The monoisotopic (exact) mass is 141 g/mol. The summed E-state index contributed by atoms with van der Waals surface area (Å²) in [4.78, 5) is 19.1. The molecule has 0 heterocycles. The Morgan fingerprint density at radius 2 is 1.56 bits per heavy atom. The van der Waals surface area contributed by atoms with Crippen molar-refractivity contribution in [2.75, 3.05) is 0 Å². The Kier molecular flexibility index (Phi) is 8.00. The zero-order valence-corrected chi connectivity index (χ0v) is 4.74. The van der Waals surface area contributed by atoms with Crippen LogP contribution in [0, 0.1) is 9.81 Å². The third kappa shape index (κ3) is 4.50. The van der Waals surface area contributed by atoms with Gasteiger partial charge in [0.15, 0.2) is 0 Å². The van der Waals surface area contributed by atoms with Gasteiger partial charge in [0.1, 0.15) is 0 Å². The fourth-order valence-electron chi connectivity index (χ4n) is 0.203. The van der Waals surface area contributed by atoms with Gasteiger partial charge >= 0.3 is 29.6 Å². The van der Waals surface area contributed by atoms with Gasteiger partial charge in [0, 0.05) is 0 Å². The average Bonchev–Trinajstić information content (AvgIpc) is 1.69. The number of rotatable bonds is 3. The number of nitrogens with zero attached hydrogens (tertiary/aromatic N) is 3. The molecule has 0 N–H and O–H groups in total. The number of hydrogen-bond donors (Lipinski definition) is 0. The second-order valence-corrected chi connectivity index (χ2v) is 1.58. The fourth-order valence-corrected chi connectivity index (χ4v) is 0.203. The zero-order chi connectivity index (χ0) is 6.57. The molecule has 0 fully saturated rings. The van der Waals surface area contributed by atoms with Crippen LogP contribution in [-0.2, 0) is 0 Å². The molecule has 0 aliphatic rings. The van der Waals surface area contributed by atoms with Gasteiger partial charge in [-0.1, -0.05) is 0 Å². The van der Waals surface area contributed by atoms with Gasteiger partial charge in [0.05, 0.1) is 16.6 Å². The van der Waals surface area contributed by atoms with Crippen LogP contribution in [0.15, 0.2) is 10.6 Å². The Balaban J connectivity index is 0. The van der Waals surface area contributed by atoms with Crippen LogP contribution in [0.5, 0.6) is 0 Å². The molecule has 0 aromatic carbocycles. The molecule has 0 unspecified atom stereocenters. The molecule has 0 rings (SSSR count). The van der Waals surface area contributed by atoms with Crippen LogP contribution in [0.4, 0.5) is 0 Å². The van der Waals surface area contributed by atoms with Crippen molar-refractivity contribution >= 4 is 29.6 Å². The topological polar surface area (TPSA) is 62.1 Å². The molecule has 5 nitrogen and oxygen atoms in total. The normalized spacial score (nSPS) is 7.89. The standard InChI is InChI=1S/C3H7N3O2.Na.H/c1-3(2)6(4-7)5-8;;/h3H,1-2H3;;. The van der Waals surface area contributed by atoms with E-state index in [0.717, 1.165) is 0 Å². The summed E-state index contributed by atoms with van der Waals surface area (Å²) >= 11 is 0. The SMILES string of the molecule is CC(C)N(N=O)N=O.[NaH]. The Labute approximate surface area is 75.0 Å². The molecule has 0 bridgehead atoms. The van der Waals surface area contributed by atoms with E-state index in [9.17, 15) is 9.81 Å². The number of nitroso groups, excluding NO2 is 2. The third-order valence-electron chi connectivity index (χ3n) is 0.629. The van der Waals surface area contributed by atoms with Crippen LogP contribution in [0.2, 0.25) is 0 Å². The molecule has 6 heteroatoms. The van der Waals surface area contributed by atoms with E-state index in [2.05, 4.69) is 10.6 Å². The van der Waals surface area contributed by atoms with E-state index in [1.165, 1.54) is 0 Å². The van der Waals surface area contributed by atoms with Crippen molar-refractivity contribution in [2.45, 2.75) is 19.9 Å². The Hall–Kier alpha value is 0. The van der Waals surface area contributed by atoms with E-state index in [0.29, 0.717) is 5.12 Å². The van der Waals surface area contributed by atoms with E-state index in [4.69, 9.17) is 0 Å². The second kappa shape index (κ2) is 6.12. The molecule has 9 heavy (non-hydrogen) atoms. The van der Waals surface area contributed by atoms with E-state index in [-0.39, 0.29) is 35.6 Å². The Bertz CT molecular complexity index is 89.1. The van der Waals surface area contributed by atoms with Crippen LogP contribution >= 0.6 is 0 Å². The zero-order valence-electron chi connectivity index (χ0n) is 4.74. The first kappa shape index (κ1) is 11.8. The van der Waals surface area contributed by atoms with Crippen molar-refractivity contribution in [3.05, 3.63) is 9.81 Å². The van der Waals surface area contributed by atoms with E-state index in [1.807, 2.05) is 0 Å². The van der Waals surface area contributed by atoms with E-state index < -0.39 is 0 Å². The van der Waals surface area contributed by atoms with Crippen molar-refractivity contribution in [1.82, 2.24) is 5.12 Å². The van der Waals surface area contributed by atoms with Gasteiger partial charge in [-0.25, -0.2) is 0 Å². The van der Waals surface area contributed by atoms with Gasteiger partial charge in [0.2, 0.25) is 0 Å². The van der Waals surface area contributed by atoms with Gasteiger partial charge < -0.3 is 0 Å². The van der Waals surface area contributed by atoms with Crippen LogP contribution in [0.25, 0.3) is 0 Å². The summed E-state index contributed by atoms with van der Waals surface area (Å²) in [5.74, 6) is 0. The van der Waals surface area contributed by atoms with Crippen LogP contribution < -0.4 is 0 Å². The van der Waals surface area contributed by atoms with Gasteiger partial charge in [-0.15, -0.1) is 14.9 Å². The van der Waals surface area contributed by atoms with E-state index >= 15 is 0 Å². The summed E-state index contributed by atoms with van der Waals surface area (Å²) in [6.45, 7) is 3.28. The molecule has 0 aliphatic heterocycles. The molecule has 0 saturated heterocycles. The maximum atomic E-state index is 9.56. The summed E-state index contributed by atoms with van der Waals surface area (Å²) in [6.07, 6.45) is 0. The second-order valence-electron chi connectivity index (χ2n) is 1.58. The summed E-state index contributed by atoms with van der Waals surface area (Å²) in [7, 11) is 0. The first-order valence-corrected chi connectivity index (χ1v) is 2.18. The van der Waals surface area contributed by atoms with Gasteiger partial charge in [0.25, 0.3) is 0 Å². The fraction of sp³-hybridized carbons (Fsp3) is 1.00. The van der Waals surface area contributed by atoms with Crippen LogP contribution in [0.3, 0.4) is 0 Å². The van der Waals surface area contributed by atoms with Gasteiger partial charge in [-0.3, -0.25) is 0 Å². The maximum absolute atomic E-state index is 9.56. The predicted molar refractivity (Wildman–Crippen MR) is 35.7 cm³/mol. The van der Waals surface area contributed by atoms with Crippen molar-refractivity contribution < 1.29 is 0 Å². The molecule has 0 aromatic rings. The minimum atomic E-state index is -0.245. The molecule has 0 spiro atoms. The summed E-state index contributed by atoms with van der Waals surface area (Å²) < 4.78 is 0. The van der Waals surface area contributed by atoms with Crippen LogP contribution in [-0.4, -0.2) is 40.7 Å². The van der Waals surface area contributed by atoms with Crippen molar-refractivity contribution in [3.8, 4) is 0 Å². The Morgan fingerprint density at radius 1 is 1.22 bits per heavy atom. The van der Waals surface area contributed by atoms with Gasteiger partial charge in [-0.2, -0.15) is 0 Å². The third-order valence-corrected chi connectivity index (χ3v) is 0.629. The summed E-state index contributed by atoms with van der Waals surface area (Å²) in [5, 5.41) is 5.18. The molecule has 0 aliphatic carbocycles. The summed E-state index contributed by atoms with van der Waals surface area (Å²) in [6, 6.07) is -0.245. The predicted octanol–water partition coefficient (Wildman–Crippen LogP) is 0.411. The minimum absolute atomic E-state index is 0. The molecule has 0 saturated carbocycles. The average molecular weight is 141 g/mol. The molecule has 48 valence electrons. The first-order chi connectivity index (χ1) is 3.72. The molecule has 0 amide bonds. The molecule has 0 aromatic heterocycles. The summed E-state index contributed by atoms with van der Waals surface area (Å²) in [5.41, 5.74) is 0. The van der Waals surface area contributed by atoms with Crippen LogP contribution in [0.1, 0.15) is 13.8 Å². The quantitative estimate of drug-likeness (QED) is 0.325. The van der Waals surface area contributed by atoms with Gasteiger partial charge in [-0.05, 0) is 13.8 Å². The van der Waals surface area contributed by atoms with Crippen molar-refractivity contribution in [1.29, 1.82) is 0 Å². The molecular weight excluding hydrogens is 133 g/mol. The molecular formula is C3H8N3NaO2. The van der Waals surface area contributed by atoms with E-state index in [1.54, 1.807) is 13.8 Å². The number of hydrogen-bond acceptors (Lipinski definition) is 4. The Morgan fingerprint density at radius 3 is 1.56 bits per heavy atom. The van der Waals surface area contributed by atoms with Crippen molar-refractivity contribution in [3.63, 3.8) is 0 Å². The molecule has 0 radical (unpaired) electrons.